The summed E-state index contributed by atoms with van der Waals surface area (Å²) in [5.41, 5.74) is 0.722. The van der Waals surface area contributed by atoms with Crippen LogP contribution >= 0.6 is 0 Å². The fourth-order valence-corrected chi connectivity index (χ4v) is 1.41. The van der Waals surface area contributed by atoms with E-state index in [2.05, 4.69) is 0 Å². The van der Waals surface area contributed by atoms with Crippen LogP contribution in [-0.2, 0) is 14.9 Å². The molecule has 6 heteroatoms. The molecule has 0 aliphatic carbocycles. The van der Waals surface area contributed by atoms with Crippen LogP contribution in [0.2, 0.25) is 0 Å². The minimum absolute atomic E-state index is 0.433. The first-order valence-electron chi connectivity index (χ1n) is 3.47. The molecule has 0 spiro atoms. The van der Waals surface area contributed by atoms with E-state index in [-0.39, 0.29) is 0 Å². The third-order valence-electron chi connectivity index (χ3n) is 1.39. The zero-order valence-electron chi connectivity index (χ0n) is 7.47. The lowest BCUT2D eigenvalue weighted by Gasteiger charge is -2.00. The monoisotopic (exact) mass is 218 g/mol. The van der Waals surface area contributed by atoms with Gasteiger partial charge in [-0.2, -0.15) is 8.42 Å². The third kappa shape index (κ3) is 3.15. The number of aryl methyl sites for hydroxylation is 1. The lowest BCUT2D eigenvalue weighted by molar-refractivity contribution is -0.0979. The van der Waals surface area contributed by atoms with E-state index in [0.29, 0.717) is 0 Å². The van der Waals surface area contributed by atoms with Crippen LogP contribution < -0.4 is 0 Å². The highest BCUT2D eigenvalue weighted by molar-refractivity contribution is 7.86. The Morgan fingerprint density at radius 3 is 2.14 bits per heavy atom. The molecular weight excluding hydrogens is 208 g/mol. The largest absolute Gasteiger partial charge is 0.506 e. The summed E-state index contributed by atoms with van der Waals surface area (Å²) in [6.45, 7) is 3.70. The Morgan fingerprint density at radius 1 is 1.29 bits per heavy atom. The molecule has 78 valence electrons. The normalized spacial score (nSPS) is 10.1. The highest BCUT2D eigenvalue weighted by Crippen LogP contribution is 2.22. The molecule has 0 aromatic heterocycles. The second-order valence-corrected chi connectivity index (χ2v) is 3.84. The summed E-state index contributed by atoms with van der Waals surface area (Å²) in [5.74, 6) is -0.433. The van der Waals surface area contributed by atoms with Crippen molar-refractivity contribution in [1.82, 2.24) is 0 Å². The fourth-order valence-electron chi connectivity index (χ4n) is 0.846. The van der Waals surface area contributed by atoms with Crippen molar-refractivity contribution < 1.29 is 22.9 Å². The Labute approximate surface area is 81.8 Å². The molecule has 1 aromatic carbocycles. The predicted molar refractivity (Wildman–Crippen MR) is 49.8 cm³/mol. The topological polar surface area (TPSA) is 91.7 Å². The molecule has 0 saturated carbocycles. The highest BCUT2D eigenvalue weighted by Gasteiger charge is 2.14. The molecule has 0 radical (unpaired) electrons. The van der Waals surface area contributed by atoms with Gasteiger partial charge in [0.25, 0.3) is 10.1 Å². The van der Waals surface area contributed by atoms with Crippen LogP contribution in [0.5, 0.6) is 5.75 Å². The van der Waals surface area contributed by atoms with E-state index in [9.17, 15) is 8.42 Å². The molecule has 1 aromatic rings. The van der Waals surface area contributed by atoms with E-state index < -0.39 is 20.8 Å². The van der Waals surface area contributed by atoms with E-state index in [1.54, 1.807) is 6.92 Å². The maximum atomic E-state index is 10.6. The molecule has 0 heterocycles. The van der Waals surface area contributed by atoms with E-state index in [4.69, 9.17) is 14.5 Å². The van der Waals surface area contributed by atoms with Crippen LogP contribution in [0.3, 0.4) is 0 Å². The molecule has 2 N–H and O–H groups in total. The minimum atomic E-state index is -4.30. The molecular formula is C8H10O5S. The van der Waals surface area contributed by atoms with Gasteiger partial charge in [-0.05, 0) is 24.6 Å². The van der Waals surface area contributed by atoms with Crippen LogP contribution in [0.25, 0.3) is 0 Å². The van der Waals surface area contributed by atoms with Gasteiger partial charge in [0.1, 0.15) is 17.4 Å². The number of rotatable bonds is 1. The third-order valence-corrected chi connectivity index (χ3v) is 2.29. The lowest BCUT2D eigenvalue weighted by atomic mass is 10.2. The predicted octanol–water partition coefficient (Wildman–Crippen LogP) is 0.762. The molecule has 14 heavy (non-hydrogen) atoms. The summed E-state index contributed by atoms with van der Waals surface area (Å²) < 4.78 is 29.7. The molecule has 0 amide bonds. The summed E-state index contributed by atoms with van der Waals surface area (Å²) in [7, 11) is -4.30. The van der Waals surface area contributed by atoms with Gasteiger partial charge in [0.05, 0.1) is 0 Å². The van der Waals surface area contributed by atoms with Crippen molar-refractivity contribution in [3.05, 3.63) is 23.8 Å². The van der Waals surface area contributed by atoms with Crippen molar-refractivity contribution in [1.29, 1.82) is 0 Å². The number of hydrogen-bond donors (Lipinski definition) is 2. The van der Waals surface area contributed by atoms with Gasteiger partial charge in [-0.15, -0.1) is 0 Å². The molecule has 0 saturated heterocycles. The summed E-state index contributed by atoms with van der Waals surface area (Å²) in [4.78, 5) is 7.54. The lowest BCUT2D eigenvalue weighted by Crippen LogP contribution is -1.98. The smallest absolute Gasteiger partial charge is 0.298 e. The molecule has 5 nitrogen and oxygen atoms in total. The Kier molecular flexibility index (Phi) is 4.26. The first kappa shape index (κ1) is 12.6. The second kappa shape index (κ2) is 4.73. The Balaban J connectivity index is 0.000000791. The average Bonchev–Trinajstić information content (AvgIpc) is 2.05. The molecule has 1 rings (SSSR count). The average molecular weight is 218 g/mol. The molecule has 0 fully saturated rings. The first-order chi connectivity index (χ1) is 6.41. The van der Waals surface area contributed by atoms with Gasteiger partial charge in [0.15, 0.2) is 0 Å². The number of benzene rings is 1. The standard InChI is InChI=1S/C7H8O4S.CH2O/c1-5-2-3-7(6(8)4-5)12(9,10)11;1-2/h2-4,8H,1H3,(H,9,10,11);1H2. The van der Waals surface area contributed by atoms with Crippen LogP contribution in [0.1, 0.15) is 5.56 Å². The summed E-state index contributed by atoms with van der Waals surface area (Å²) >= 11 is 0. The van der Waals surface area contributed by atoms with Crippen LogP contribution in [-0.4, -0.2) is 24.9 Å². The number of aromatic hydroxyl groups is 1. The SMILES string of the molecule is C=O.Cc1ccc(S(=O)(=O)O)c(O)c1. The van der Waals surface area contributed by atoms with Gasteiger partial charge in [-0.3, -0.25) is 4.55 Å². The summed E-state index contributed by atoms with van der Waals surface area (Å²) in [5, 5.41) is 9.09. The van der Waals surface area contributed by atoms with Crippen LogP contribution in [0.15, 0.2) is 23.1 Å². The second-order valence-electron chi connectivity index (χ2n) is 2.45. The zero-order valence-corrected chi connectivity index (χ0v) is 8.28. The van der Waals surface area contributed by atoms with Crippen molar-refractivity contribution in [3.63, 3.8) is 0 Å². The zero-order chi connectivity index (χ0) is 11.4. The van der Waals surface area contributed by atoms with E-state index in [0.717, 1.165) is 11.6 Å². The Bertz CT molecular complexity index is 410. The molecule has 0 aliphatic rings. The highest BCUT2D eigenvalue weighted by atomic mass is 32.2. The fraction of sp³-hybridized carbons (Fsp3) is 0.125. The number of hydrogen-bond acceptors (Lipinski definition) is 4. The van der Waals surface area contributed by atoms with Crippen LogP contribution in [0.4, 0.5) is 0 Å². The van der Waals surface area contributed by atoms with Crippen molar-refractivity contribution in [2.24, 2.45) is 0 Å². The van der Waals surface area contributed by atoms with Gasteiger partial charge in [-0.25, -0.2) is 0 Å². The number of phenols is 1. The molecule has 0 atom stereocenters. The van der Waals surface area contributed by atoms with Crippen molar-refractivity contribution in [2.45, 2.75) is 11.8 Å². The first-order valence-corrected chi connectivity index (χ1v) is 4.91. The molecule has 0 bridgehead atoms. The summed E-state index contributed by atoms with van der Waals surface area (Å²) in [6.07, 6.45) is 0. The van der Waals surface area contributed by atoms with Crippen molar-refractivity contribution in [2.75, 3.05) is 0 Å². The molecule has 0 aliphatic heterocycles. The Hall–Kier alpha value is -1.40. The minimum Gasteiger partial charge on any atom is -0.506 e. The van der Waals surface area contributed by atoms with E-state index in [1.165, 1.54) is 12.1 Å². The van der Waals surface area contributed by atoms with Gasteiger partial charge >= 0.3 is 0 Å². The quantitative estimate of drug-likeness (QED) is 0.679. The van der Waals surface area contributed by atoms with Gasteiger partial charge in [0, 0.05) is 0 Å². The van der Waals surface area contributed by atoms with Gasteiger partial charge < -0.3 is 9.90 Å². The van der Waals surface area contributed by atoms with Gasteiger partial charge in [-0.1, -0.05) is 6.07 Å². The van der Waals surface area contributed by atoms with E-state index in [1.807, 2.05) is 6.79 Å². The number of phenolic OH excluding ortho intramolecular Hbond substituents is 1. The Morgan fingerprint density at radius 2 is 1.79 bits per heavy atom. The van der Waals surface area contributed by atoms with Crippen molar-refractivity contribution >= 4 is 16.9 Å². The number of carbonyl (C=O) groups excluding carboxylic acids is 1. The van der Waals surface area contributed by atoms with Crippen molar-refractivity contribution in [3.8, 4) is 5.75 Å². The number of carbonyl (C=O) groups is 1. The van der Waals surface area contributed by atoms with Gasteiger partial charge in [0.2, 0.25) is 0 Å². The van der Waals surface area contributed by atoms with E-state index >= 15 is 0 Å². The van der Waals surface area contributed by atoms with Crippen LogP contribution in [0, 0.1) is 6.92 Å². The maximum absolute atomic E-state index is 10.6. The maximum Gasteiger partial charge on any atom is 0.298 e. The summed E-state index contributed by atoms with van der Waals surface area (Å²) in [6, 6.07) is 3.91. The molecule has 0 unspecified atom stereocenters.